The Balaban J connectivity index is 2.36. The first-order valence-corrected chi connectivity index (χ1v) is 4.67. The van der Waals surface area contributed by atoms with Gasteiger partial charge in [0, 0.05) is 26.1 Å². The molecule has 14 heavy (non-hydrogen) atoms. The highest BCUT2D eigenvalue weighted by Crippen LogP contribution is 2.21. The van der Waals surface area contributed by atoms with Crippen molar-refractivity contribution in [1.29, 1.82) is 0 Å². The van der Waals surface area contributed by atoms with Crippen LogP contribution in [0.2, 0.25) is 0 Å². The zero-order valence-electron chi connectivity index (χ0n) is 8.06. The van der Waals surface area contributed by atoms with Gasteiger partial charge in [-0.15, -0.1) is 0 Å². The van der Waals surface area contributed by atoms with Crippen LogP contribution in [-0.2, 0) is 16.6 Å². The molecule has 0 saturated carbocycles. The summed E-state index contributed by atoms with van der Waals surface area (Å²) in [7, 11) is 1.82. The van der Waals surface area contributed by atoms with Crippen LogP contribution in [0.3, 0.4) is 0 Å². The van der Waals surface area contributed by atoms with E-state index in [1.54, 1.807) is 10.6 Å². The molecule has 74 valence electrons. The molecule has 1 fully saturated rings. The van der Waals surface area contributed by atoms with Gasteiger partial charge in [0.25, 0.3) is 0 Å². The van der Waals surface area contributed by atoms with Gasteiger partial charge >= 0.3 is 0 Å². The van der Waals surface area contributed by atoms with Crippen molar-refractivity contribution in [2.24, 2.45) is 7.05 Å². The zero-order chi connectivity index (χ0) is 10.1. The number of aromatic nitrogens is 1. The van der Waals surface area contributed by atoms with Crippen molar-refractivity contribution in [2.45, 2.75) is 19.3 Å². The average molecular weight is 192 g/mol. The second kappa shape index (κ2) is 3.29. The van der Waals surface area contributed by atoms with Gasteiger partial charge in [-0.2, -0.15) is 0 Å². The van der Waals surface area contributed by atoms with Crippen LogP contribution in [0.15, 0.2) is 18.3 Å². The molecule has 2 heterocycles. The molecule has 0 atom stereocenters. The molecule has 1 aliphatic rings. The van der Waals surface area contributed by atoms with Crippen LogP contribution in [0.25, 0.3) is 0 Å². The SMILES string of the molecule is Cn1cccc1N1C(=O)CCCC1=O. The Hall–Kier alpha value is -1.58. The fourth-order valence-corrected chi connectivity index (χ4v) is 1.69. The summed E-state index contributed by atoms with van der Waals surface area (Å²) in [5, 5.41) is 0. The van der Waals surface area contributed by atoms with Gasteiger partial charge in [-0.05, 0) is 18.6 Å². The van der Waals surface area contributed by atoms with Crippen LogP contribution >= 0.6 is 0 Å². The summed E-state index contributed by atoms with van der Waals surface area (Å²) in [5.74, 6) is 0.478. The first kappa shape index (κ1) is 8.99. The number of hydrogen-bond donors (Lipinski definition) is 0. The van der Waals surface area contributed by atoms with E-state index >= 15 is 0 Å². The standard InChI is InChI=1S/C10H12N2O2/c1-11-7-3-4-8(11)12-9(13)5-2-6-10(12)14/h3-4,7H,2,5-6H2,1H3. The molecule has 4 heteroatoms. The fourth-order valence-electron chi connectivity index (χ4n) is 1.69. The van der Waals surface area contributed by atoms with E-state index in [0.717, 1.165) is 0 Å². The van der Waals surface area contributed by atoms with Gasteiger partial charge in [-0.25, -0.2) is 4.90 Å². The molecule has 0 N–H and O–H groups in total. The number of aryl methyl sites for hydroxylation is 1. The molecule has 2 amide bonds. The Morgan fingerprint density at radius 1 is 1.21 bits per heavy atom. The second-order valence-corrected chi connectivity index (χ2v) is 3.45. The lowest BCUT2D eigenvalue weighted by Crippen LogP contribution is -2.41. The zero-order valence-corrected chi connectivity index (χ0v) is 8.06. The molecule has 0 aliphatic carbocycles. The molecule has 1 saturated heterocycles. The number of carbonyl (C=O) groups excluding carboxylic acids is 2. The van der Waals surface area contributed by atoms with Crippen LogP contribution in [-0.4, -0.2) is 16.4 Å². The van der Waals surface area contributed by atoms with E-state index in [9.17, 15) is 9.59 Å². The summed E-state index contributed by atoms with van der Waals surface area (Å²) in [6, 6.07) is 3.60. The summed E-state index contributed by atoms with van der Waals surface area (Å²) in [6.45, 7) is 0. The highest BCUT2D eigenvalue weighted by Gasteiger charge is 2.28. The van der Waals surface area contributed by atoms with E-state index in [1.165, 1.54) is 4.90 Å². The third-order valence-electron chi connectivity index (χ3n) is 2.43. The second-order valence-electron chi connectivity index (χ2n) is 3.45. The van der Waals surface area contributed by atoms with Crippen molar-refractivity contribution in [3.05, 3.63) is 18.3 Å². The number of nitrogens with zero attached hydrogens (tertiary/aromatic N) is 2. The predicted octanol–water partition coefficient (Wildman–Crippen LogP) is 1.07. The number of imide groups is 1. The topological polar surface area (TPSA) is 42.3 Å². The fraction of sp³-hybridized carbons (Fsp3) is 0.400. The number of amides is 2. The van der Waals surface area contributed by atoms with E-state index in [2.05, 4.69) is 0 Å². The molecular weight excluding hydrogens is 180 g/mol. The largest absolute Gasteiger partial charge is 0.337 e. The van der Waals surface area contributed by atoms with E-state index in [1.807, 2.05) is 19.3 Å². The lowest BCUT2D eigenvalue weighted by molar-refractivity contribution is -0.129. The molecule has 4 nitrogen and oxygen atoms in total. The van der Waals surface area contributed by atoms with Crippen molar-refractivity contribution in [2.75, 3.05) is 4.90 Å². The predicted molar refractivity (Wildman–Crippen MR) is 51.8 cm³/mol. The summed E-state index contributed by atoms with van der Waals surface area (Å²) >= 11 is 0. The molecule has 2 rings (SSSR count). The Morgan fingerprint density at radius 3 is 2.36 bits per heavy atom. The number of carbonyl (C=O) groups is 2. The highest BCUT2D eigenvalue weighted by molar-refractivity contribution is 6.15. The summed E-state index contributed by atoms with van der Waals surface area (Å²) < 4.78 is 1.78. The van der Waals surface area contributed by atoms with Crippen LogP contribution in [0.1, 0.15) is 19.3 Å². The Morgan fingerprint density at radius 2 is 1.86 bits per heavy atom. The first-order chi connectivity index (χ1) is 6.70. The number of anilines is 1. The molecule has 0 aromatic carbocycles. The monoisotopic (exact) mass is 192 g/mol. The normalized spacial score (nSPS) is 17.6. The van der Waals surface area contributed by atoms with Gasteiger partial charge in [0.2, 0.25) is 11.8 Å². The molecule has 1 aromatic heterocycles. The maximum Gasteiger partial charge on any atom is 0.234 e. The average Bonchev–Trinajstić information content (AvgIpc) is 2.52. The molecule has 0 unspecified atom stereocenters. The Bertz CT molecular complexity index is 365. The minimum Gasteiger partial charge on any atom is -0.337 e. The van der Waals surface area contributed by atoms with Crippen LogP contribution in [0.4, 0.5) is 5.82 Å². The first-order valence-electron chi connectivity index (χ1n) is 4.67. The van der Waals surface area contributed by atoms with E-state index in [0.29, 0.717) is 25.1 Å². The van der Waals surface area contributed by atoms with Gasteiger partial charge in [0.1, 0.15) is 5.82 Å². The van der Waals surface area contributed by atoms with Crippen molar-refractivity contribution >= 4 is 17.6 Å². The van der Waals surface area contributed by atoms with Crippen molar-refractivity contribution in [3.8, 4) is 0 Å². The quantitative estimate of drug-likeness (QED) is 0.624. The van der Waals surface area contributed by atoms with E-state index in [4.69, 9.17) is 0 Å². The molecular formula is C10H12N2O2. The molecule has 0 bridgehead atoms. The summed E-state index contributed by atoms with van der Waals surface area (Å²) in [4.78, 5) is 24.4. The third kappa shape index (κ3) is 1.32. The van der Waals surface area contributed by atoms with Gasteiger partial charge in [-0.1, -0.05) is 0 Å². The van der Waals surface area contributed by atoms with Crippen LogP contribution < -0.4 is 4.90 Å². The van der Waals surface area contributed by atoms with Crippen LogP contribution in [0, 0.1) is 0 Å². The molecule has 0 spiro atoms. The maximum absolute atomic E-state index is 11.5. The Labute approximate surface area is 82.1 Å². The van der Waals surface area contributed by atoms with Gasteiger partial charge in [-0.3, -0.25) is 9.59 Å². The highest BCUT2D eigenvalue weighted by atomic mass is 16.2. The van der Waals surface area contributed by atoms with Crippen molar-refractivity contribution < 1.29 is 9.59 Å². The van der Waals surface area contributed by atoms with E-state index < -0.39 is 0 Å². The molecule has 1 aliphatic heterocycles. The van der Waals surface area contributed by atoms with Crippen molar-refractivity contribution in [3.63, 3.8) is 0 Å². The lowest BCUT2D eigenvalue weighted by atomic mass is 10.1. The summed E-state index contributed by atoms with van der Waals surface area (Å²) in [5.41, 5.74) is 0. The Kier molecular flexibility index (Phi) is 2.11. The molecule has 1 aromatic rings. The number of piperidine rings is 1. The minimum absolute atomic E-state index is 0.0944. The van der Waals surface area contributed by atoms with Crippen molar-refractivity contribution in [1.82, 2.24) is 4.57 Å². The van der Waals surface area contributed by atoms with Crippen LogP contribution in [0.5, 0.6) is 0 Å². The van der Waals surface area contributed by atoms with Gasteiger partial charge in [0.15, 0.2) is 0 Å². The van der Waals surface area contributed by atoms with Gasteiger partial charge < -0.3 is 4.57 Å². The molecule has 0 radical (unpaired) electrons. The summed E-state index contributed by atoms with van der Waals surface area (Å²) in [6.07, 6.45) is 3.44. The number of hydrogen-bond acceptors (Lipinski definition) is 2. The third-order valence-corrected chi connectivity index (χ3v) is 2.43. The number of rotatable bonds is 1. The maximum atomic E-state index is 11.5. The van der Waals surface area contributed by atoms with Gasteiger partial charge in [0.05, 0.1) is 0 Å². The smallest absolute Gasteiger partial charge is 0.234 e. The lowest BCUT2D eigenvalue weighted by Gasteiger charge is -2.24. The van der Waals surface area contributed by atoms with E-state index in [-0.39, 0.29) is 11.8 Å². The minimum atomic E-state index is -0.0944.